The summed E-state index contributed by atoms with van der Waals surface area (Å²) in [7, 11) is 1.64. The molecule has 0 unspecified atom stereocenters. The number of ether oxygens (including phenoxy) is 2. The summed E-state index contributed by atoms with van der Waals surface area (Å²) in [6, 6.07) is 0. The Balaban J connectivity index is 2.37. The predicted octanol–water partition coefficient (Wildman–Crippen LogP) is 2.74. The third-order valence-corrected chi connectivity index (χ3v) is 4.37. The Morgan fingerprint density at radius 2 is 2.00 bits per heavy atom. The number of carbonyl (C=O) groups excluding carboxylic acids is 2. The first-order valence-corrected chi connectivity index (χ1v) is 7.66. The van der Waals surface area contributed by atoms with Gasteiger partial charge in [-0.1, -0.05) is 11.6 Å². The van der Waals surface area contributed by atoms with Gasteiger partial charge < -0.3 is 15.2 Å². The number of rotatable bonds is 6. The number of hydrogen-bond donors (Lipinski definition) is 1. The van der Waals surface area contributed by atoms with Gasteiger partial charge in [0, 0.05) is 17.5 Å². The maximum atomic E-state index is 12.0. The highest BCUT2D eigenvalue weighted by Crippen LogP contribution is 2.37. The summed E-state index contributed by atoms with van der Waals surface area (Å²) in [6.07, 6.45) is 3.68. The monoisotopic (exact) mass is 317 g/mol. The Morgan fingerprint density at radius 1 is 1.30 bits per heavy atom. The lowest BCUT2D eigenvalue weighted by atomic mass is 9.91. The Kier molecular flexibility index (Phi) is 5.08. The molecule has 0 aromatic heterocycles. The first kappa shape index (κ1) is 17.1. The molecule has 2 rings (SSSR count). The van der Waals surface area contributed by atoms with E-state index in [0.717, 1.165) is 33.6 Å². The Bertz CT molecular complexity index is 689. The molecule has 2 N–H and O–H groups in total. The largest absolute Gasteiger partial charge is 0.496 e. The molecule has 23 heavy (non-hydrogen) atoms. The van der Waals surface area contributed by atoms with Crippen LogP contribution in [0.4, 0.5) is 0 Å². The molecular weight excluding hydrogens is 294 g/mol. The van der Waals surface area contributed by atoms with Gasteiger partial charge in [-0.05, 0) is 44.7 Å². The molecule has 124 valence electrons. The van der Waals surface area contributed by atoms with Gasteiger partial charge in [0.25, 0.3) is 0 Å². The molecular formula is C18H23NO4. The van der Waals surface area contributed by atoms with Crippen LogP contribution in [0.15, 0.2) is 11.6 Å². The molecule has 0 radical (unpaired) electrons. The normalized spacial score (nSPS) is 13.7. The molecule has 5 nitrogen and oxygen atoms in total. The van der Waals surface area contributed by atoms with Crippen molar-refractivity contribution in [2.24, 2.45) is 5.73 Å². The maximum Gasteiger partial charge on any atom is 0.339 e. The number of carbonyl (C=O) groups is 2. The summed E-state index contributed by atoms with van der Waals surface area (Å²) in [5, 5.41) is 0. The SMILES string of the molecule is COc1c(C)c2c(c(C)c1C/C=C(\C)CCC(N)=O)C(=O)OC2. The highest BCUT2D eigenvalue weighted by atomic mass is 16.5. The van der Waals surface area contributed by atoms with E-state index in [4.69, 9.17) is 15.2 Å². The smallest absolute Gasteiger partial charge is 0.339 e. The van der Waals surface area contributed by atoms with Gasteiger partial charge in [-0.2, -0.15) is 0 Å². The van der Waals surface area contributed by atoms with E-state index in [1.807, 2.05) is 20.8 Å². The van der Waals surface area contributed by atoms with Crippen LogP contribution in [0.2, 0.25) is 0 Å². The van der Waals surface area contributed by atoms with Crippen LogP contribution in [0.1, 0.15) is 52.4 Å². The van der Waals surface area contributed by atoms with Gasteiger partial charge in [-0.3, -0.25) is 4.79 Å². The fourth-order valence-corrected chi connectivity index (χ4v) is 2.99. The van der Waals surface area contributed by atoms with Gasteiger partial charge in [0.05, 0.1) is 12.7 Å². The summed E-state index contributed by atoms with van der Waals surface area (Å²) in [5.74, 6) is 0.236. The van der Waals surface area contributed by atoms with E-state index in [0.29, 0.717) is 31.4 Å². The second-order valence-corrected chi connectivity index (χ2v) is 5.91. The van der Waals surface area contributed by atoms with Gasteiger partial charge in [-0.25, -0.2) is 4.79 Å². The lowest BCUT2D eigenvalue weighted by Crippen LogP contribution is -2.10. The number of amides is 1. The van der Waals surface area contributed by atoms with Crippen LogP contribution >= 0.6 is 0 Å². The molecule has 0 saturated heterocycles. The highest BCUT2D eigenvalue weighted by Gasteiger charge is 2.29. The number of cyclic esters (lactones) is 1. The van der Waals surface area contributed by atoms with Gasteiger partial charge in [0.15, 0.2) is 0 Å². The van der Waals surface area contributed by atoms with Crippen LogP contribution in [0.25, 0.3) is 0 Å². The molecule has 1 aliphatic rings. The molecule has 1 aromatic carbocycles. The number of primary amides is 1. The molecule has 1 aliphatic heterocycles. The average Bonchev–Trinajstić information content (AvgIpc) is 2.89. The van der Waals surface area contributed by atoms with Crippen molar-refractivity contribution in [3.8, 4) is 5.75 Å². The van der Waals surface area contributed by atoms with Gasteiger partial charge in [0.1, 0.15) is 12.4 Å². The second kappa shape index (κ2) is 6.86. The van der Waals surface area contributed by atoms with Crippen LogP contribution in [-0.2, 0) is 22.6 Å². The first-order chi connectivity index (χ1) is 10.9. The third kappa shape index (κ3) is 3.38. The number of methoxy groups -OCH3 is 1. The van der Waals surface area contributed by atoms with E-state index in [2.05, 4.69) is 6.08 Å². The molecule has 0 aliphatic carbocycles. The minimum Gasteiger partial charge on any atom is -0.496 e. The van der Waals surface area contributed by atoms with Crippen molar-refractivity contribution in [2.45, 2.75) is 46.6 Å². The van der Waals surface area contributed by atoms with Crippen LogP contribution in [-0.4, -0.2) is 19.0 Å². The van der Waals surface area contributed by atoms with E-state index in [1.54, 1.807) is 7.11 Å². The van der Waals surface area contributed by atoms with Crippen molar-refractivity contribution in [3.63, 3.8) is 0 Å². The van der Waals surface area contributed by atoms with Gasteiger partial charge in [0.2, 0.25) is 5.91 Å². The topological polar surface area (TPSA) is 78.6 Å². The Hall–Kier alpha value is -2.30. The van der Waals surface area contributed by atoms with Crippen LogP contribution in [0.5, 0.6) is 5.75 Å². The van der Waals surface area contributed by atoms with Crippen molar-refractivity contribution in [1.82, 2.24) is 0 Å². The summed E-state index contributed by atoms with van der Waals surface area (Å²) < 4.78 is 10.7. The molecule has 1 heterocycles. The zero-order valence-electron chi connectivity index (χ0n) is 14.1. The molecule has 0 atom stereocenters. The quantitative estimate of drug-likeness (QED) is 0.646. The molecule has 0 bridgehead atoms. The Morgan fingerprint density at radius 3 is 2.61 bits per heavy atom. The van der Waals surface area contributed by atoms with Gasteiger partial charge in [-0.15, -0.1) is 0 Å². The number of hydrogen-bond acceptors (Lipinski definition) is 4. The summed E-state index contributed by atoms with van der Waals surface area (Å²) in [4.78, 5) is 22.8. The first-order valence-electron chi connectivity index (χ1n) is 7.66. The fraction of sp³-hybridized carbons (Fsp3) is 0.444. The minimum absolute atomic E-state index is 0.265. The van der Waals surface area contributed by atoms with Gasteiger partial charge >= 0.3 is 5.97 Å². The highest BCUT2D eigenvalue weighted by molar-refractivity contribution is 5.96. The standard InChI is InChI=1S/C18H23NO4/c1-10(6-8-15(19)20)5-7-13-11(2)16-14(9-23-18(16)21)12(3)17(13)22-4/h5H,6-9H2,1-4H3,(H2,19,20)/b10-5+. The zero-order chi connectivity index (χ0) is 17.1. The predicted molar refractivity (Wildman–Crippen MR) is 87.5 cm³/mol. The van der Waals surface area contributed by atoms with Crippen LogP contribution in [0, 0.1) is 13.8 Å². The number of fused-ring (bicyclic) bond motifs is 1. The lowest BCUT2D eigenvalue weighted by molar-refractivity contribution is -0.117. The molecule has 0 fully saturated rings. The van der Waals surface area contributed by atoms with E-state index in [9.17, 15) is 9.59 Å². The maximum absolute atomic E-state index is 12.0. The number of benzene rings is 1. The summed E-state index contributed by atoms with van der Waals surface area (Å²) in [5.41, 5.74) is 10.7. The molecule has 5 heteroatoms. The number of allylic oxidation sites excluding steroid dienone is 2. The van der Waals surface area contributed by atoms with Crippen molar-refractivity contribution in [3.05, 3.63) is 39.5 Å². The van der Waals surface area contributed by atoms with Crippen molar-refractivity contribution >= 4 is 11.9 Å². The van der Waals surface area contributed by atoms with Crippen LogP contribution < -0.4 is 10.5 Å². The van der Waals surface area contributed by atoms with Crippen LogP contribution in [0.3, 0.4) is 0 Å². The number of esters is 1. The molecule has 0 spiro atoms. The van der Waals surface area contributed by atoms with Crippen molar-refractivity contribution in [2.75, 3.05) is 7.11 Å². The van der Waals surface area contributed by atoms with E-state index < -0.39 is 0 Å². The van der Waals surface area contributed by atoms with Crippen molar-refractivity contribution in [1.29, 1.82) is 0 Å². The fourth-order valence-electron chi connectivity index (χ4n) is 2.99. The van der Waals surface area contributed by atoms with E-state index in [-0.39, 0.29) is 11.9 Å². The molecule has 1 amide bonds. The van der Waals surface area contributed by atoms with E-state index in [1.165, 1.54) is 0 Å². The zero-order valence-corrected chi connectivity index (χ0v) is 14.1. The average molecular weight is 317 g/mol. The number of nitrogens with two attached hydrogens (primary N) is 1. The van der Waals surface area contributed by atoms with Crippen molar-refractivity contribution < 1.29 is 19.1 Å². The Labute approximate surface area is 136 Å². The molecule has 1 aromatic rings. The summed E-state index contributed by atoms with van der Waals surface area (Å²) in [6.45, 7) is 6.16. The van der Waals surface area contributed by atoms with E-state index >= 15 is 0 Å². The third-order valence-electron chi connectivity index (χ3n) is 4.37. The lowest BCUT2D eigenvalue weighted by Gasteiger charge is -2.17. The molecule has 0 saturated carbocycles. The second-order valence-electron chi connectivity index (χ2n) is 5.91. The summed E-state index contributed by atoms with van der Waals surface area (Å²) >= 11 is 0. The minimum atomic E-state index is -0.303.